The van der Waals surface area contributed by atoms with Crippen LogP contribution in [0, 0.1) is 11.8 Å². The molecule has 1 fully saturated rings. The van der Waals surface area contributed by atoms with Gasteiger partial charge in [-0.2, -0.15) is 0 Å². The van der Waals surface area contributed by atoms with Crippen LogP contribution in [0.4, 0.5) is 0 Å². The predicted octanol–water partition coefficient (Wildman–Crippen LogP) is 2.79. The molecule has 4 rings (SSSR count). The molecule has 1 aliphatic heterocycles. The molecular weight excluding hydrogens is 564 g/mol. The van der Waals surface area contributed by atoms with Crippen molar-refractivity contribution >= 4 is 40.4 Å². The monoisotopic (exact) mass is 604 g/mol. The number of ketones is 1. The van der Waals surface area contributed by atoms with Crippen LogP contribution in [0.5, 0.6) is 0 Å². The van der Waals surface area contributed by atoms with E-state index in [2.05, 4.69) is 15.6 Å². The van der Waals surface area contributed by atoms with Gasteiger partial charge in [-0.25, -0.2) is 0 Å². The molecule has 1 saturated heterocycles. The molecule has 0 spiro atoms. The number of nitrogens with one attached hydrogen (secondary N) is 3. The molecule has 2 aromatic carbocycles. The van der Waals surface area contributed by atoms with Gasteiger partial charge in [0.05, 0.1) is 24.4 Å². The number of carboxylic acids is 2. The second-order valence-corrected chi connectivity index (χ2v) is 11.8. The minimum atomic E-state index is -1.45. The Labute approximate surface area is 256 Å². The molecule has 1 aliphatic rings. The van der Waals surface area contributed by atoms with Crippen LogP contribution in [-0.2, 0) is 36.8 Å². The molecule has 0 unspecified atom stereocenters. The Bertz CT molecular complexity index is 1490. The van der Waals surface area contributed by atoms with E-state index >= 15 is 0 Å². The molecule has 11 nitrogen and oxygen atoms in total. The third kappa shape index (κ3) is 8.31. The lowest BCUT2D eigenvalue weighted by Crippen LogP contribution is -2.63. The molecule has 11 heteroatoms. The Morgan fingerprint density at radius 3 is 2.39 bits per heavy atom. The predicted molar refractivity (Wildman–Crippen MR) is 164 cm³/mol. The van der Waals surface area contributed by atoms with Crippen molar-refractivity contribution in [2.45, 2.75) is 64.1 Å². The topological polar surface area (TPSA) is 169 Å². The number of amides is 2. The summed E-state index contributed by atoms with van der Waals surface area (Å²) in [5, 5.41) is 26.0. The number of aromatic nitrogens is 1. The number of hydrogen-bond donors (Lipinski definition) is 5. The van der Waals surface area contributed by atoms with Crippen molar-refractivity contribution < 1.29 is 34.2 Å². The number of hydrogen-bond acceptors (Lipinski definition) is 6. The first-order chi connectivity index (χ1) is 21.0. The zero-order valence-corrected chi connectivity index (χ0v) is 25.0. The van der Waals surface area contributed by atoms with Crippen LogP contribution in [0.15, 0.2) is 60.8 Å². The molecule has 234 valence electrons. The van der Waals surface area contributed by atoms with Crippen LogP contribution in [-0.4, -0.2) is 80.8 Å². The fourth-order valence-electron chi connectivity index (χ4n) is 5.84. The van der Waals surface area contributed by atoms with E-state index in [1.54, 1.807) is 6.20 Å². The standard InChI is InChI=1S/C33H40N4O7/c1-20(2)14-22(33(43)44)17-29(38)26(18-30(39)40)36-31(41)28(16-23-19-35-25-11-7-6-10-24(23)25)37-13-12-34-27(32(37)42)15-21-8-4-3-5-9-21/h3-11,19-20,22,26-28,34-35H,12-18H2,1-2H3,(H,36,41)(H,39,40)(H,43,44)/t22-,26+,27+,28+/m1/s1. The van der Waals surface area contributed by atoms with Crippen LogP contribution in [0.1, 0.15) is 44.2 Å². The molecule has 1 aromatic heterocycles. The molecule has 0 saturated carbocycles. The number of carbonyl (C=O) groups excluding carboxylic acids is 3. The number of rotatable bonds is 15. The lowest BCUT2D eigenvalue weighted by molar-refractivity contribution is -0.147. The van der Waals surface area contributed by atoms with Gasteiger partial charge in [-0.1, -0.05) is 62.4 Å². The van der Waals surface area contributed by atoms with Crippen LogP contribution in [0.25, 0.3) is 10.9 Å². The van der Waals surface area contributed by atoms with Gasteiger partial charge in [-0.05, 0) is 36.0 Å². The molecule has 4 atom stereocenters. The van der Waals surface area contributed by atoms with E-state index in [9.17, 15) is 34.2 Å². The molecule has 5 N–H and O–H groups in total. The Morgan fingerprint density at radius 2 is 1.70 bits per heavy atom. The second-order valence-electron chi connectivity index (χ2n) is 11.8. The molecule has 44 heavy (non-hydrogen) atoms. The molecule has 2 heterocycles. The number of para-hydroxylation sites is 1. The number of Topliss-reactive ketones (excluding diaryl/α,β-unsaturated/α-hetero) is 1. The van der Waals surface area contributed by atoms with E-state index in [4.69, 9.17) is 0 Å². The summed E-state index contributed by atoms with van der Waals surface area (Å²) < 4.78 is 0. The number of piperazine rings is 1. The van der Waals surface area contributed by atoms with E-state index in [0.29, 0.717) is 13.0 Å². The molecule has 2 amide bonds. The third-order valence-electron chi connectivity index (χ3n) is 8.01. The highest BCUT2D eigenvalue weighted by Crippen LogP contribution is 2.23. The number of H-pyrrole nitrogens is 1. The second kappa shape index (κ2) is 14.8. The highest BCUT2D eigenvalue weighted by Gasteiger charge is 2.39. The average Bonchev–Trinajstić information content (AvgIpc) is 3.39. The maximum Gasteiger partial charge on any atom is 0.306 e. The maximum atomic E-state index is 14.0. The number of benzene rings is 2. The van der Waals surface area contributed by atoms with E-state index in [1.807, 2.05) is 68.4 Å². The first-order valence-electron chi connectivity index (χ1n) is 14.9. The van der Waals surface area contributed by atoms with Gasteiger partial charge in [0.25, 0.3) is 0 Å². The summed E-state index contributed by atoms with van der Waals surface area (Å²) in [7, 11) is 0. The van der Waals surface area contributed by atoms with Crippen LogP contribution < -0.4 is 10.6 Å². The fraction of sp³-hybridized carbons (Fsp3) is 0.424. The first kappa shape index (κ1) is 32.4. The van der Waals surface area contributed by atoms with E-state index in [1.165, 1.54) is 4.90 Å². The molecule has 0 radical (unpaired) electrons. The summed E-state index contributed by atoms with van der Waals surface area (Å²) in [6.45, 7) is 4.34. The zero-order chi connectivity index (χ0) is 31.8. The van der Waals surface area contributed by atoms with Crippen molar-refractivity contribution in [1.82, 2.24) is 20.5 Å². The normalized spacial score (nSPS) is 17.3. The van der Waals surface area contributed by atoms with Crippen molar-refractivity contribution in [2.24, 2.45) is 11.8 Å². The molecule has 3 aromatic rings. The van der Waals surface area contributed by atoms with Crippen molar-refractivity contribution in [3.05, 3.63) is 71.9 Å². The van der Waals surface area contributed by atoms with Gasteiger partial charge in [0.2, 0.25) is 11.8 Å². The third-order valence-corrected chi connectivity index (χ3v) is 8.01. The van der Waals surface area contributed by atoms with Gasteiger partial charge >= 0.3 is 11.9 Å². The highest BCUT2D eigenvalue weighted by molar-refractivity contribution is 5.97. The van der Waals surface area contributed by atoms with E-state index in [-0.39, 0.29) is 31.2 Å². The Balaban J connectivity index is 1.62. The molecular formula is C33H40N4O7. The maximum absolute atomic E-state index is 14.0. The number of carbonyl (C=O) groups is 5. The lowest BCUT2D eigenvalue weighted by Gasteiger charge is -2.38. The van der Waals surface area contributed by atoms with Gasteiger partial charge in [-0.15, -0.1) is 0 Å². The van der Waals surface area contributed by atoms with Crippen molar-refractivity contribution in [1.29, 1.82) is 0 Å². The Kier molecular flexibility index (Phi) is 10.9. The van der Waals surface area contributed by atoms with Crippen molar-refractivity contribution in [3.8, 4) is 0 Å². The van der Waals surface area contributed by atoms with Gasteiger partial charge < -0.3 is 30.7 Å². The summed E-state index contributed by atoms with van der Waals surface area (Å²) >= 11 is 0. The Hall–Kier alpha value is -4.51. The SMILES string of the molecule is CC(C)C[C@H](CC(=O)[C@H](CC(=O)O)NC(=O)[C@H](Cc1c[nH]c2ccccc12)N1CCN[C@@H](Cc2ccccc2)C1=O)C(=O)O. The average molecular weight is 605 g/mol. The summed E-state index contributed by atoms with van der Waals surface area (Å²) in [6.07, 6.45) is 1.44. The first-order valence-corrected chi connectivity index (χ1v) is 14.9. The number of carboxylic acid groups (broad SMARTS) is 2. The smallest absolute Gasteiger partial charge is 0.306 e. The van der Waals surface area contributed by atoms with Crippen LogP contribution >= 0.6 is 0 Å². The Morgan fingerprint density at radius 1 is 1.00 bits per heavy atom. The summed E-state index contributed by atoms with van der Waals surface area (Å²) in [5.74, 6) is -5.09. The summed E-state index contributed by atoms with van der Waals surface area (Å²) in [6, 6.07) is 14.0. The fourth-order valence-corrected chi connectivity index (χ4v) is 5.84. The zero-order valence-electron chi connectivity index (χ0n) is 25.0. The number of aromatic amines is 1. The number of fused-ring (bicyclic) bond motifs is 1. The quantitative estimate of drug-likeness (QED) is 0.176. The number of aliphatic carboxylic acids is 2. The van der Waals surface area contributed by atoms with Crippen molar-refractivity contribution in [2.75, 3.05) is 13.1 Å². The van der Waals surface area contributed by atoms with Gasteiger partial charge in [0.15, 0.2) is 5.78 Å². The van der Waals surface area contributed by atoms with Gasteiger partial charge in [0.1, 0.15) is 6.04 Å². The number of nitrogens with zero attached hydrogens (tertiary/aromatic N) is 1. The van der Waals surface area contributed by atoms with Gasteiger partial charge in [-0.3, -0.25) is 24.0 Å². The van der Waals surface area contributed by atoms with Crippen molar-refractivity contribution in [3.63, 3.8) is 0 Å². The van der Waals surface area contributed by atoms with Crippen LogP contribution in [0.2, 0.25) is 0 Å². The summed E-state index contributed by atoms with van der Waals surface area (Å²) in [4.78, 5) is 69.4. The van der Waals surface area contributed by atoms with Crippen LogP contribution in [0.3, 0.4) is 0 Å². The van der Waals surface area contributed by atoms with E-state index in [0.717, 1.165) is 22.0 Å². The molecule has 0 aliphatic carbocycles. The largest absolute Gasteiger partial charge is 0.481 e. The van der Waals surface area contributed by atoms with Gasteiger partial charge in [0, 0.05) is 43.0 Å². The minimum absolute atomic E-state index is 0.000441. The summed E-state index contributed by atoms with van der Waals surface area (Å²) in [5.41, 5.74) is 2.61. The molecule has 0 bridgehead atoms. The minimum Gasteiger partial charge on any atom is -0.481 e. The lowest BCUT2D eigenvalue weighted by atomic mass is 9.90. The van der Waals surface area contributed by atoms with E-state index < -0.39 is 60.5 Å². The highest BCUT2D eigenvalue weighted by atomic mass is 16.4.